The summed E-state index contributed by atoms with van der Waals surface area (Å²) in [5.41, 5.74) is 6.27. The molecule has 0 saturated carbocycles. The van der Waals surface area contributed by atoms with Crippen molar-refractivity contribution in [2.45, 2.75) is 26.8 Å². The first-order valence-electron chi connectivity index (χ1n) is 10.7. The lowest BCUT2D eigenvalue weighted by Crippen LogP contribution is -2.26. The maximum Gasteiger partial charge on any atom is 0.180 e. The summed E-state index contributed by atoms with van der Waals surface area (Å²) >= 11 is 0. The number of nitrogens with one attached hydrogen (secondary N) is 1. The molecule has 0 aliphatic rings. The van der Waals surface area contributed by atoms with E-state index in [1.54, 1.807) is 6.20 Å². The fourth-order valence-electron chi connectivity index (χ4n) is 4.11. The Kier molecular flexibility index (Phi) is 5.33. The van der Waals surface area contributed by atoms with E-state index in [-0.39, 0.29) is 0 Å². The number of rotatable bonds is 7. The van der Waals surface area contributed by atoms with Crippen molar-refractivity contribution in [1.82, 2.24) is 35.2 Å². The van der Waals surface area contributed by atoms with Crippen LogP contribution in [-0.2, 0) is 6.54 Å². The summed E-state index contributed by atoms with van der Waals surface area (Å²) in [6.07, 6.45) is 2.82. The van der Waals surface area contributed by atoms with Crippen LogP contribution in [0.4, 0.5) is 5.82 Å². The van der Waals surface area contributed by atoms with E-state index in [0.717, 1.165) is 53.4 Å². The van der Waals surface area contributed by atoms with Crippen LogP contribution in [0.3, 0.4) is 0 Å². The molecule has 32 heavy (non-hydrogen) atoms. The third-order valence-electron chi connectivity index (χ3n) is 5.48. The first-order chi connectivity index (χ1) is 15.7. The highest BCUT2D eigenvalue weighted by Gasteiger charge is 2.17. The molecule has 3 heterocycles. The van der Waals surface area contributed by atoms with E-state index in [1.165, 1.54) is 5.56 Å². The number of nitrogens with zero attached hydrogens (tertiary/aromatic N) is 7. The van der Waals surface area contributed by atoms with Crippen LogP contribution in [0, 0.1) is 6.92 Å². The Morgan fingerprint density at radius 3 is 2.53 bits per heavy atom. The largest absolute Gasteiger partial charge is 0.352 e. The Morgan fingerprint density at radius 2 is 1.75 bits per heavy atom. The molecule has 0 amide bonds. The Labute approximate surface area is 185 Å². The Balaban J connectivity index is 1.59. The molecule has 1 N–H and O–H groups in total. The van der Waals surface area contributed by atoms with E-state index in [1.807, 2.05) is 35.7 Å². The second kappa shape index (κ2) is 8.58. The monoisotopic (exact) mass is 424 g/mol. The van der Waals surface area contributed by atoms with Crippen LogP contribution in [0.25, 0.3) is 28.2 Å². The van der Waals surface area contributed by atoms with Gasteiger partial charge < -0.3 is 4.90 Å². The SMILES string of the molecule is CCCN(Cc1ccccc1-c1ccccc1-c1nnn[nH]1)c1cc(C)nc2ccnn12. The van der Waals surface area contributed by atoms with Gasteiger partial charge in [0.05, 0.1) is 6.20 Å². The van der Waals surface area contributed by atoms with E-state index in [9.17, 15) is 0 Å². The number of tetrazole rings is 1. The summed E-state index contributed by atoms with van der Waals surface area (Å²) in [7, 11) is 0. The second-order valence-electron chi connectivity index (χ2n) is 7.73. The second-order valence-corrected chi connectivity index (χ2v) is 7.73. The highest BCUT2D eigenvalue weighted by atomic mass is 15.5. The minimum Gasteiger partial charge on any atom is -0.352 e. The third-order valence-corrected chi connectivity index (χ3v) is 5.48. The predicted molar refractivity (Wildman–Crippen MR) is 124 cm³/mol. The number of H-pyrrole nitrogens is 1. The number of benzene rings is 2. The average molecular weight is 425 g/mol. The Bertz CT molecular complexity index is 1340. The van der Waals surface area contributed by atoms with Crippen LogP contribution < -0.4 is 4.90 Å². The summed E-state index contributed by atoms with van der Waals surface area (Å²) in [5, 5.41) is 19.1. The molecule has 5 rings (SSSR count). The smallest absolute Gasteiger partial charge is 0.180 e. The first-order valence-corrected chi connectivity index (χ1v) is 10.7. The number of hydrogen-bond acceptors (Lipinski definition) is 6. The lowest BCUT2D eigenvalue weighted by molar-refractivity contribution is 0.730. The molecule has 0 saturated heterocycles. The molecular weight excluding hydrogens is 400 g/mol. The molecule has 0 fully saturated rings. The van der Waals surface area contributed by atoms with Gasteiger partial charge in [-0.05, 0) is 40.5 Å². The summed E-state index contributed by atoms with van der Waals surface area (Å²) in [6, 6.07) is 20.7. The van der Waals surface area contributed by atoms with Gasteiger partial charge in [-0.25, -0.2) is 10.1 Å². The molecule has 0 aliphatic carbocycles. The Morgan fingerprint density at radius 1 is 0.969 bits per heavy atom. The van der Waals surface area contributed by atoms with Crippen molar-refractivity contribution in [3.63, 3.8) is 0 Å². The summed E-state index contributed by atoms with van der Waals surface area (Å²) in [6.45, 7) is 5.86. The van der Waals surface area contributed by atoms with Crippen LogP contribution in [0.15, 0.2) is 66.9 Å². The quantitative estimate of drug-likeness (QED) is 0.419. The molecule has 0 atom stereocenters. The molecule has 2 aromatic carbocycles. The van der Waals surface area contributed by atoms with Crippen LogP contribution in [0.2, 0.25) is 0 Å². The van der Waals surface area contributed by atoms with Crippen molar-refractivity contribution in [1.29, 1.82) is 0 Å². The van der Waals surface area contributed by atoms with Gasteiger partial charge in [0.2, 0.25) is 0 Å². The normalized spacial score (nSPS) is 11.2. The number of aromatic amines is 1. The van der Waals surface area contributed by atoms with Crippen molar-refractivity contribution in [2.24, 2.45) is 0 Å². The summed E-state index contributed by atoms with van der Waals surface area (Å²) in [5.74, 6) is 1.70. The summed E-state index contributed by atoms with van der Waals surface area (Å²) < 4.78 is 1.92. The lowest BCUT2D eigenvalue weighted by atomic mass is 9.94. The molecule has 0 unspecified atom stereocenters. The minimum atomic E-state index is 0.656. The predicted octanol–water partition coefficient (Wildman–Crippen LogP) is 4.30. The molecule has 0 spiro atoms. The zero-order valence-electron chi connectivity index (χ0n) is 18.1. The van der Waals surface area contributed by atoms with Crippen LogP contribution in [0.5, 0.6) is 0 Å². The van der Waals surface area contributed by atoms with Gasteiger partial charge in [-0.1, -0.05) is 55.5 Å². The van der Waals surface area contributed by atoms with Crippen LogP contribution >= 0.6 is 0 Å². The van der Waals surface area contributed by atoms with Gasteiger partial charge in [0.1, 0.15) is 5.82 Å². The zero-order valence-corrected chi connectivity index (χ0v) is 18.1. The minimum absolute atomic E-state index is 0.656. The molecule has 8 heteroatoms. The highest BCUT2D eigenvalue weighted by molar-refractivity contribution is 5.82. The fourth-order valence-corrected chi connectivity index (χ4v) is 4.11. The van der Waals surface area contributed by atoms with Gasteiger partial charge in [-0.3, -0.25) is 0 Å². The number of fused-ring (bicyclic) bond motifs is 1. The average Bonchev–Trinajstić information content (AvgIpc) is 3.51. The first kappa shape index (κ1) is 19.9. The van der Waals surface area contributed by atoms with E-state index in [4.69, 9.17) is 0 Å². The topological polar surface area (TPSA) is 87.9 Å². The molecule has 0 radical (unpaired) electrons. The van der Waals surface area contributed by atoms with Crippen LogP contribution in [-0.4, -0.2) is 41.8 Å². The van der Waals surface area contributed by atoms with E-state index >= 15 is 0 Å². The van der Waals surface area contributed by atoms with Crippen molar-refractivity contribution < 1.29 is 0 Å². The molecule has 3 aromatic heterocycles. The zero-order chi connectivity index (χ0) is 21.9. The van der Waals surface area contributed by atoms with Gasteiger partial charge in [-0.15, -0.1) is 5.10 Å². The van der Waals surface area contributed by atoms with Crippen molar-refractivity contribution in [3.05, 3.63) is 78.1 Å². The fraction of sp³-hybridized carbons (Fsp3) is 0.208. The highest BCUT2D eigenvalue weighted by Crippen LogP contribution is 2.33. The van der Waals surface area contributed by atoms with Crippen molar-refractivity contribution in [2.75, 3.05) is 11.4 Å². The Hall–Kier alpha value is -4.07. The van der Waals surface area contributed by atoms with Gasteiger partial charge in [0, 0.05) is 36.5 Å². The summed E-state index contributed by atoms with van der Waals surface area (Å²) in [4.78, 5) is 6.97. The number of hydrogen-bond donors (Lipinski definition) is 1. The molecule has 0 aliphatic heterocycles. The maximum absolute atomic E-state index is 4.60. The van der Waals surface area contributed by atoms with Gasteiger partial charge >= 0.3 is 0 Å². The number of aromatic nitrogens is 7. The van der Waals surface area contributed by atoms with E-state index < -0.39 is 0 Å². The third kappa shape index (κ3) is 3.71. The standard InChI is InChI=1S/C24H24N8/c1-3-14-31(23-15-17(2)26-22-12-13-25-32(22)23)16-18-8-4-5-9-19(18)20-10-6-7-11-21(20)24-27-29-30-28-24/h4-13,15H,3,14,16H2,1-2H3,(H,27,28,29,30). The number of aryl methyl sites for hydroxylation is 1. The van der Waals surface area contributed by atoms with Crippen LogP contribution in [0.1, 0.15) is 24.6 Å². The number of anilines is 1. The van der Waals surface area contributed by atoms with E-state index in [0.29, 0.717) is 5.82 Å². The molecule has 160 valence electrons. The maximum atomic E-state index is 4.60. The van der Waals surface area contributed by atoms with Gasteiger partial charge in [-0.2, -0.15) is 9.61 Å². The molecule has 0 bridgehead atoms. The van der Waals surface area contributed by atoms with Crippen molar-refractivity contribution >= 4 is 11.5 Å². The van der Waals surface area contributed by atoms with Gasteiger partial charge in [0.15, 0.2) is 11.5 Å². The lowest BCUT2D eigenvalue weighted by Gasteiger charge is -2.26. The van der Waals surface area contributed by atoms with Gasteiger partial charge in [0.25, 0.3) is 0 Å². The van der Waals surface area contributed by atoms with Crippen molar-refractivity contribution in [3.8, 4) is 22.5 Å². The van der Waals surface area contributed by atoms with E-state index in [2.05, 4.69) is 78.9 Å². The molecule has 5 aromatic rings. The molecular formula is C24H24N8. The molecule has 8 nitrogen and oxygen atoms in total.